The molecule has 1 aromatic carbocycles. The fourth-order valence-electron chi connectivity index (χ4n) is 5.03. The van der Waals surface area contributed by atoms with Crippen molar-refractivity contribution in [2.45, 2.75) is 32.7 Å². The lowest BCUT2D eigenvalue weighted by Crippen LogP contribution is -2.37. The van der Waals surface area contributed by atoms with Gasteiger partial charge in [-0.05, 0) is 43.5 Å². The summed E-state index contributed by atoms with van der Waals surface area (Å²) >= 11 is 0. The van der Waals surface area contributed by atoms with E-state index in [0.717, 1.165) is 28.2 Å². The Labute approximate surface area is 178 Å². The van der Waals surface area contributed by atoms with Gasteiger partial charge >= 0.3 is 5.69 Å². The number of rotatable bonds is 2. The molecule has 0 N–H and O–H groups in total. The van der Waals surface area contributed by atoms with Crippen LogP contribution in [0, 0.1) is 18.7 Å². The first kappa shape index (κ1) is 19.6. The zero-order valence-electron chi connectivity index (χ0n) is 18.0. The summed E-state index contributed by atoms with van der Waals surface area (Å²) in [5.41, 5.74) is 1.99. The van der Waals surface area contributed by atoms with Gasteiger partial charge in [-0.15, -0.1) is 0 Å². The number of fused-ring (bicyclic) bond motifs is 3. The number of nitrogens with zero attached hydrogens (tertiary/aromatic N) is 3. The molecule has 0 bridgehead atoms. The Morgan fingerprint density at radius 1 is 1.10 bits per heavy atom. The molecule has 6 nitrogen and oxygen atoms in total. The summed E-state index contributed by atoms with van der Waals surface area (Å²) in [6.07, 6.45) is 0.870. The van der Waals surface area contributed by atoms with E-state index in [1.807, 2.05) is 19.1 Å². The lowest BCUT2D eigenvalue weighted by atomic mass is 9.83. The Kier molecular flexibility index (Phi) is 4.32. The van der Waals surface area contributed by atoms with Crippen LogP contribution in [0.4, 0.5) is 4.39 Å². The van der Waals surface area contributed by atoms with Gasteiger partial charge in [-0.25, -0.2) is 9.18 Å². The second kappa shape index (κ2) is 6.83. The molecule has 5 rings (SSSR count). The fourth-order valence-corrected chi connectivity index (χ4v) is 5.03. The lowest BCUT2D eigenvalue weighted by molar-refractivity contribution is 0.331. The summed E-state index contributed by atoms with van der Waals surface area (Å²) in [6, 6.07) is 10.2. The SMILES string of the molecule is Cc1ccc(C2c3c4c(c(-c5cccc(F)c5)n3CCC2C)c(=O)n(C)c(=O)n4C)o1. The molecule has 0 fully saturated rings. The van der Waals surface area contributed by atoms with Crippen molar-refractivity contribution in [3.63, 3.8) is 0 Å². The molecular formula is C24H24FN3O3. The third kappa shape index (κ3) is 2.76. The van der Waals surface area contributed by atoms with Crippen LogP contribution in [-0.2, 0) is 20.6 Å². The van der Waals surface area contributed by atoms with E-state index in [2.05, 4.69) is 11.5 Å². The average Bonchev–Trinajstić information content (AvgIpc) is 3.32. The van der Waals surface area contributed by atoms with Gasteiger partial charge in [-0.2, -0.15) is 0 Å². The van der Waals surface area contributed by atoms with E-state index in [1.165, 1.54) is 23.7 Å². The van der Waals surface area contributed by atoms with Crippen LogP contribution < -0.4 is 11.2 Å². The lowest BCUT2D eigenvalue weighted by Gasteiger charge is -2.31. The van der Waals surface area contributed by atoms with Gasteiger partial charge in [0, 0.05) is 26.2 Å². The van der Waals surface area contributed by atoms with Crippen LogP contribution in [0.1, 0.15) is 36.5 Å². The molecule has 0 spiro atoms. The first-order valence-electron chi connectivity index (χ1n) is 10.4. The molecule has 0 saturated carbocycles. The molecule has 160 valence electrons. The number of aryl methyl sites for hydroxylation is 2. The predicted molar refractivity (Wildman–Crippen MR) is 117 cm³/mol. The van der Waals surface area contributed by atoms with Crippen LogP contribution >= 0.6 is 0 Å². The monoisotopic (exact) mass is 421 g/mol. The van der Waals surface area contributed by atoms with E-state index in [-0.39, 0.29) is 28.9 Å². The molecule has 1 aliphatic rings. The number of hydrogen-bond donors (Lipinski definition) is 0. The summed E-state index contributed by atoms with van der Waals surface area (Å²) in [7, 11) is 3.16. The minimum Gasteiger partial charge on any atom is -0.466 e. The van der Waals surface area contributed by atoms with Crippen molar-refractivity contribution in [1.29, 1.82) is 0 Å². The number of halogens is 1. The number of furan rings is 1. The first-order chi connectivity index (χ1) is 14.8. The molecule has 4 aromatic rings. The van der Waals surface area contributed by atoms with Crippen molar-refractivity contribution in [2.75, 3.05) is 0 Å². The van der Waals surface area contributed by atoms with Crippen molar-refractivity contribution in [2.24, 2.45) is 20.0 Å². The molecule has 2 unspecified atom stereocenters. The Hall–Kier alpha value is -3.35. The van der Waals surface area contributed by atoms with Gasteiger partial charge in [-0.1, -0.05) is 19.1 Å². The van der Waals surface area contributed by atoms with Crippen LogP contribution in [0.15, 0.2) is 50.4 Å². The quantitative estimate of drug-likeness (QED) is 0.493. The average molecular weight is 421 g/mol. The maximum Gasteiger partial charge on any atom is 0.331 e. The predicted octanol–water partition coefficient (Wildman–Crippen LogP) is 3.92. The molecule has 1 aliphatic heterocycles. The summed E-state index contributed by atoms with van der Waals surface area (Å²) in [5, 5.41) is 0.438. The highest BCUT2D eigenvalue weighted by molar-refractivity contribution is 5.96. The molecule has 0 aliphatic carbocycles. The third-order valence-corrected chi connectivity index (χ3v) is 6.54. The van der Waals surface area contributed by atoms with Crippen LogP contribution in [-0.4, -0.2) is 13.7 Å². The van der Waals surface area contributed by atoms with E-state index in [4.69, 9.17) is 4.42 Å². The third-order valence-electron chi connectivity index (χ3n) is 6.54. The Morgan fingerprint density at radius 3 is 2.55 bits per heavy atom. The van der Waals surface area contributed by atoms with Crippen LogP contribution in [0.3, 0.4) is 0 Å². The maximum atomic E-state index is 14.2. The Morgan fingerprint density at radius 2 is 1.87 bits per heavy atom. The van der Waals surface area contributed by atoms with Gasteiger partial charge < -0.3 is 8.98 Å². The van der Waals surface area contributed by atoms with Gasteiger partial charge in [-0.3, -0.25) is 13.9 Å². The van der Waals surface area contributed by atoms with Gasteiger partial charge in [0.25, 0.3) is 5.56 Å². The zero-order valence-corrected chi connectivity index (χ0v) is 18.0. The second-order valence-electron chi connectivity index (χ2n) is 8.52. The zero-order chi connectivity index (χ0) is 22.0. The minimum atomic E-state index is -0.385. The van der Waals surface area contributed by atoms with Crippen molar-refractivity contribution < 1.29 is 8.81 Å². The molecule has 0 radical (unpaired) electrons. The highest BCUT2D eigenvalue weighted by Crippen LogP contribution is 2.45. The van der Waals surface area contributed by atoms with Crippen molar-refractivity contribution in [1.82, 2.24) is 13.7 Å². The highest BCUT2D eigenvalue weighted by Gasteiger charge is 2.37. The van der Waals surface area contributed by atoms with Crippen molar-refractivity contribution in [3.05, 3.63) is 80.3 Å². The van der Waals surface area contributed by atoms with Gasteiger partial charge in [0.2, 0.25) is 0 Å². The van der Waals surface area contributed by atoms with Crippen molar-refractivity contribution >= 4 is 10.9 Å². The van der Waals surface area contributed by atoms with E-state index < -0.39 is 0 Å². The molecule has 7 heteroatoms. The van der Waals surface area contributed by atoms with Gasteiger partial charge in [0.15, 0.2) is 0 Å². The van der Waals surface area contributed by atoms with Gasteiger partial charge in [0.1, 0.15) is 17.3 Å². The molecule has 31 heavy (non-hydrogen) atoms. The standard InChI is InChI=1S/C24H24FN3O3/c1-13-10-11-28-20(15-6-5-7-16(25)12-15)19-21(26(3)24(30)27(4)23(19)29)22(28)18(13)17-9-8-14(2)31-17/h5-9,12-13,18H,10-11H2,1-4H3. The minimum absolute atomic E-state index is 0.120. The Balaban J connectivity index is 1.98. The maximum absolute atomic E-state index is 14.2. The first-order valence-corrected chi connectivity index (χ1v) is 10.4. The van der Waals surface area contributed by atoms with Gasteiger partial charge in [0.05, 0.1) is 28.2 Å². The normalized spacial score (nSPS) is 18.5. The summed E-state index contributed by atoms with van der Waals surface area (Å²) < 4.78 is 24.9. The second-order valence-corrected chi connectivity index (χ2v) is 8.52. The van der Waals surface area contributed by atoms with Crippen LogP contribution in [0.2, 0.25) is 0 Å². The largest absolute Gasteiger partial charge is 0.466 e. The molecule has 0 saturated heterocycles. The molecular weight excluding hydrogens is 397 g/mol. The highest BCUT2D eigenvalue weighted by atomic mass is 19.1. The van der Waals surface area contributed by atoms with E-state index >= 15 is 0 Å². The molecule has 2 atom stereocenters. The smallest absolute Gasteiger partial charge is 0.331 e. The topological polar surface area (TPSA) is 62.1 Å². The fraction of sp³-hybridized carbons (Fsp3) is 0.333. The number of aromatic nitrogens is 3. The van der Waals surface area contributed by atoms with E-state index in [9.17, 15) is 14.0 Å². The van der Waals surface area contributed by atoms with E-state index in [0.29, 0.717) is 28.7 Å². The van der Waals surface area contributed by atoms with Crippen molar-refractivity contribution in [3.8, 4) is 11.3 Å². The molecule has 4 heterocycles. The number of hydrogen-bond acceptors (Lipinski definition) is 3. The summed E-state index contributed by atoms with van der Waals surface area (Å²) in [5.74, 6) is 1.38. The summed E-state index contributed by atoms with van der Waals surface area (Å²) in [4.78, 5) is 26.2. The van der Waals surface area contributed by atoms with Crippen LogP contribution in [0.5, 0.6) is 0 Å². The molecule has 3 aromatic heterocycles. The summed E-state index contributed by atoms with van der Waals surface area (Å²) in [6.45, 7) is 4.73. The van der Waals surface area contributed by atoms with E-state index in [1.54, 1.807) is 19.2 Å². The number of benzene rings is 1. The van der Waals surface area contributed by atoms with Crippen LogP contribution in [0.25, 0.3) is 22.2 Å². The molecule has 0 amide bonds. The Bertz CT molecular complexity index is 1450.